The second-order valence-electron chi connectivity index (χ2n) is 8.33. The average Bonchev–Trinajstić information content (AvgIpc) is 3.08. The Hall–Kier alpha value is -3.57. The van der Waals surface area contributed by atoms with E-state index in [1.165, 1.54) is 0 Å². The molecule has 0 fully saturated rings. The molecule has 3 aromatic carbocycles. The minimum atomic E-state index is -0.601. The van der Waals surface area contributed by atoms with Crippen LogP contribution in [-0.2, 0) is 6.54 Å². The van der Waals surface area contributed by atoms with Crippen molar-refractivity contribution in [2.75, 3.05) is 7.11 Å². The molecule has 1 aromatic heterocycles. The predicted octanol–water partition coefficient (Wildman–Crippen LogP) is 5.82. The third-order valence-corrected chi connectivity index (χ3v) is 6.50. The molecule has 0 saturated heterocycles. The summed E-state index contributed by atoms with van der Waals surface area (Å²) in [5.74, 6) is 0.454. The predicted molar refractivity (Wildman–Crippen MR) is 128 cm³/mol. The summed E-state index contributed by atoms with van der Waals surface area (Å²) in [7, 11) is 1.60. The molecule has 0 N–H and O–H groups in total. The van der Waals surface area contributed by atoms with Crippen molar-refractivity contribution < 1.29 is 13.9 Å². The fraction of sp³-hybridized carbons (Fsp3) is 0.185. The molecule has 1 amide bonds. The van der Waals surface area contributed by atoms with Crippen molar-refractivity contribution in [3.63, 3.8) is 0 Å². The van der Waals surface area contributed by atoms with Crippen LogP contribution in [-0.4, -0.2) is 17.9 Å². The number of benzene rings is 3. The highest BCUT2D eigenvalue weighted by Gasteiger charge is 2.43. The quantitative estimate of drug-likeness (QED) is 0.386. The monoisotopic (exact) mass is 459 g/mol. The Labute approximate surface area is 196 Å². The number of rotatable bonds is 4. The number of ether oxygens (including phenoxy) is 1. The zero-order valence-electron chi connectivity index (χ0n) is 18.5. The van der Waals surface area contributed by atoms with E-state index in [2.05, 4.69) is 0 Å². The van der Waals surface area contributed by atoms with Crippen molar-refractivity contribution in [2.24, 2.45) is 0 Å². The van der Waals surface area contributed by atoms with Gasteiger partial charge in [-0.15, -0.1) is 0 Å². The topological polar surface area (TPSA) is 59.8 Å². The second kappa shape index (κ2) is 8.09. The number of carbonyl (C=O) groups excluding carboxylic acids is 1. The van der Waals surface area contributed by atoms with Gasteiger partial charge in [0.1, 0.15) is 11.3 Å². The van der Waals surface area contributed by atoms with E-state index in [0.717, 1.165) is 22.3 Å². The summed E-state index contributed by atoms with van der Waals surface area (Å²) in [6.45, 7) is 4.06. The highest BCUT2D eigenvalue weighted by atomic mass is 35.5. The molecule has 4 aromatic rings. The van der Waals surface area contributed by atoms with Gasteiger partial charge in [0.05, 0.1) is 24.1 Å². The molecule has 1 aliphatic rings. The molecular weight excluding hydrogens is 438 g/mol. The Morgan fingerprint density at radius 3 is 2.45 bits per heavy atom. The molecule has 33 heavy (non-hydrogen) atoms. The van der Waals surface area contributed by atoms with E-state index in [9.17, 15) is 9.59 Å². The van der Waals surface area contributed by atoms with Crippen LogP contribution in [0.2, 0.25) is 5.02 Å². The largest absolute Gasteiger partial charge is 0.497 e. The van der Waals surface area contributed by atoms with Gasteiger partial charge in [0.15, 0.2) is 5.43 Å². The van der Waals surface area contributed by atoms with Crippen LogP contribution in [0.3, 0.4) is 0 Å². The highest BCUT2D eigenvalue weighted by molar-refractivity contribution is 6.31. The van der Waals surface area contributed by atoms with E-state index in [1.807, 2.05) is 68.4 Å². The number of hydrogen-bond donors (Lipinski definition) is 0. The maximum atomic E-state index is 13.8. The van der Waals surface area contributed by atoms with Gasteiger partial charge in [-0.2, -0.15) is 0 Å². The van der Waals surface area contributed by atoms with Crippen LogP contribution in [0.5, 0.6) is 5.75 Å². The third kappa shape index (κ3) is 3.49. The first-order valence-corrected chi connectivity index (χ1v) is 11.0. The van der Waals surface area contributed by atoms with Gasteiger partial charge in [-0.1, -0.05) is 48.0 Å². The zero-order chi connectivity index (χ0) is 23.3. The van der Waals surface area contributed by atoms with Crippen molar-refractivity contribution in [3.05, 3.63) is 109 Å². The molecule has 0 bridgehead atoms. The lowest BCUT2D eigenvalue weighted by molar-refractivity contribution is 0.0714. The normalized spacial score (nSPS) is 15.2. The van der Waals surface area contributed by atoms with E-state index in [4.69, 9.17) is 20.8 Å². The van der Waals surface area contributed by atoms with Gasteiger partial charge in [-0.05, 0) is 60.4 Å². The number of halogens is 1. The van der Waals surface area contributed by atoms with E-state index in [1.54, 1.807) is 18.1 Å². The molecule has 1 unspecified atom stereocenters. The first kappa shape index (κ1) is 21.3. The Kier molecular flexibility index (Phi) is 5.22. The van der Waals surface area contributed by atoms with Gasteiger partial charge in [0.2, 0.25) is 5.76 Å². The number of aryl methyl sites for hydroxylation is 2. The van der Waals surface area contributed by atoms with E-state index in [-0.39, 0.29) is 23.6 Å². The lowest BCUT2D eigenvalue weighted by Crippen LogP contribution is -2.29. The van der Waals surface area contributed by atoms with Crippen LogP contribution >= 0.6 is 11.6 Å². The number of carbonyl (C=O) groups is 1. The van der Waals surface area contributed by atoms with Crippen LogP contribution in [0.1, 0.15) is 44.4 Å². The average molecular weight is 460 g/mol. The molecule has 0 saturated carbocycles. The van der Waals surface area contributed by atoms with Gasteiger partial charge in [0, 0.05) is 11.6 Å². The lowest BCUT2D eigenvalue weighted by Gasteiger charge is -2.25. The maximum absolute atomic E-state index is 13.8. The summed E-state index contributed by atoms with van der Waals surface area (Å²) >= 11 is 6.41. The molecule has 1 atom stereocenters. The Bertz CT molecular complexity index is 1460. The molecule has 0 aliphatic carbocycles. The van der Waals surface area contributed by atoms with Gasteiger partial charge < -0.3 is 14.1 Å². The molecule has 5 nitrogen and oxygen atoms in total. The SMILES string of the molecule is COc1ccc(C2c3c(oc4c(C)cc(C)cc4c3=O)C(=O)N2Cc2ccccc2Cl)cc1. The number of nitrogens with zero attached hydrogens (tertiary/aromatic N) is 1. The number of hydrogen-bond acceptors (Lipinski definition) is 4. The van der Waals surface area contributed by atoms with Crippen LogP contribution in [0.4, 0.5) is 0 Å². The number of fused-ring (bicyclic) bond motifs is 2. The Morgan fingerprint density at radius 1 is 1.03 bits per heavy atom. The number of amides is 1. The standard InChI is InChI=1S/C27H22ClNO4/c1-15-12-16(2)25-20(13-15)24(30)22-23(17-8-10-19(32-3)11-9-17)29(27(31)26(22)33-25)14-18-6-4-5-7-21(18)28/h4-13,23H,14H2,1-3H3. The fourth-order valence-electron chi connectivity index (χ4n) is 4.58. The van der Waals surface area contributed by atoms with E-state index < -0.39 is 6.04 Å². The summed E-state index contributed by atoms with van der Waals surface area (Å²) < 4.78 is 11.4. The zero-order valence-corrected chi connectivity index (χ0v) is 19.3. The molecule has 166 valence electrons. The second-order valence-corrected chi connectivity index (χ2v) is 8.74. The summed E-state index contributed by atoms with van der Waals surface area (Å²) in [6, 6.07) is 17.9. The van der Waals surface area contributed by atoms with Crippen LogP contribution in [0, 0.1) is 13.8 Å². The molecule has 2 heterocycles. The van der Waals surface area contributed by atoms with Crippen molar-refractivity contribution in [1.82, 2.24) is 4.90 Å². The van der Waals surface area contributed by atoms with Gasteiger partial charge in [0.25, 0.3) is 5.91 Å². The molecular formula is C27H22ClNO4. The number of methoxy groups -OCH3 is 1. The van der Waals surface area contributed by atoms with Crippen LogP contribution in [0.25, 0.3) is 11.0 Å². The molecule has 0 radical (unpaired) electrons. The van der Waals surface area contributed by atoms with Gasteiger partial charge in [-0.3, -0.25) is 9.59 Å². The summed E-state index contributed by atoms with van der Waals surface area (Å²) in [5, 5.41) is 1.04. The first-order chi connectivity index (χ1) is 15.9. The summed E-state index contributed by atoms with van der Waals surface area (Å²) in [4.78, 5) is 29.0. The van der Waals surface area contributed by atoms with Gasteiger partial charge >= 0.3 is 0 Å². The smallest absolute Gasteiger partial charge is 0.291 e. The molecule has 5 rings (SSSR count). The van der Waals surface area contributed by atoms with Crippen LogP contribution < -0.4 is 10.2 Å². The van der Waals surface area contributed by atoms with Crippen molar-refractivity contribution in [2.45, 2.75) is 26.4 Å². The molecule has 6 heteroatoms. The van der Waals surface area contributed by atoms with Crippen molar-refractivity contribution in [3.8, 4) is 5.75 Å². The minimum absolute atomic E-state index is 0.0901. The Balaban J connectivity index is 1.75. The molecule has 0 spiro atoms. The fourth-order valence-corrected chi connectivity index (χ4v) is 4.78. The summed E-state index contributed by atoms with van der Waals surface area (Å²) in [5.41, 5.74) is 4.00. The first-order valence-electron chi connectivity index (χ1n) is 10.7. The van der Waals surface area contributed by atoms with Gasteiger partial charge in [-0.25, -0.2) is 0 Å². The van der Waals surface area contributed by atoms with E-state index in [0.29, 0.717) is 27.3 Å². The van der Waals surface area contributed by atoms with Crippen molar-refractivity contribution >= 4 is 28.5 Å². The maximum Gasteiger partial charge on any atom is 0.291 e. The molecule has 1 aliphatic heterocycles. The van der Waals surface area contributed by atoms with Crippen LogP contribution in [0.15, 0.2) is 69.9 Å². The Morgan fingerprint density at radius 2 is 1.76 bits per heavy atom. The summed E-state index contributed by atoms with van der Waals surface area (Å²) in [6.07, 6.45) is 0. The van der Waals surface area contributed by atoms with E-state index >= 15 is 0 Å². The van der Waals surface area contributed by atoms with Crippen molar-refractivity contribution in [1.29, 1.82) is 0 Å². The minimum Gasteiger partial charge on any atom is -0.497 e. The lowest BCUT2D eigenvalue weighted by atomic mass is 9.97. The third-order valence-electron chi connectivity index (χ3n) is 6.13. The highest BCUT2D eigenvalue weighted by Crippen LogP contribution is 2.40.